The quantitative estimate of drug-likeness (QED) is 0.858. The molecule has 1 saturated heterocycles. The summed E-state index contributed by atoms with van der Waals surface area (Å²) in [5.41, 5.74) is 8.08. The molecule has 3 rings (SSSR count). The van der Waals surface area contributed by atoms with Gasteiger partial charge in [-0.1, -0.05) is 30.9 Å². The Morgan fingerprint density at radius 3 is 2.52 bits per heavy atom. The summed E-state index contributed by atoms with van der Waals surface area (Å²) in [6.45, 7) is 3.79. The number of anilines is 1. The highest BCUT2D eigenvalue weighted by Crippen LogP contribution is 2.35. The average Bonchev–Trinajstić information content (AvgIpc) is 2.75. The minimum absolute atomic E-state index is 0.119. The van der Waals surface area contributed by atoms with Crippen LogP contribution in [0.2, 0.25) is 0 Å². The third-order valence-corrected chi connectivity index (χ3v) is 5.39. The van der Waals surface area contributed by atoms with Crippen molar-refractivity contribution >= 4 is 33.0 Å². The molecule has 4 heteroatoms. The van der Waals surface area contributed by atoms with Gasteiger partial charge in [-0.15, -0.1) is 11.3 Å². The molecule has 112 valence electrons. The molecule has 0 radical (unpaired) electrons. The van der Waals surface area contributed by atoms with Crippen LogP contribution in [0.3, 0.4) is 0 Å². The number of thiophene rings is 1. The van der Waals surface area contributed by atoms with E-state index in [1.165, 1.54) is 36.2 Å². The molecule has 21 heavy (non-hydrogen) atoms. The van der Waals surface area contributed by atoms with Crippen molar-refractivity contribution < 1.29 is 4.79 Å². The molecule has 3 nitrogen and oxygen atoms in total. The fourth-order valence-corrected chi connectivity index (χ4v) is 4.05. The minimum atomic E-state index is 0.119. The van der Waals surface area contributed by atoms with Gasteiger partial charge in [0.05, 0.1) is 5.69 Å². The fraction of sp³-hybridized carbons (Fsp3) is 0.471. The second kappa shape index (κ2) is 6.06. The smallest absolute Gasteiger partial charge is 0.266 e. The Labute approximate surface area is 129 Å². The van der Waals surface area contributed by atoms with Gasteiger partial charge in [0.1, 0.15) is 4.88 Å². The topological polar surface area (TPSA) is 46.3 Å². The lowest BCUT2D eigenvalue weighted by molar-refractivity contribution is 0.0748. The Hall–Kier alpha value is -1.55. The van der Waals surface area contributed by atoms with Crippen LogP contribution < -0.4 is 5.73 Å². The molecule has 0 saturated carbocycles. The van der Waals surface area contributed by atoms with Crippen molar-refractivity contribution in [1.29, 1.82) is 0 Å². The van der Waals surface area contributed by atoms with Gasteiger partial charge in [-0.25, -0.2) is 0 Å². The summed E-state index contributed by atoms with van der Waals surface area (Å²) in [5.74, 6) is 0.119. The van der Waals surface area contributed by atoms with Crippen molar-refractivity contribution in [1.82, 2.24) is 4.90 Å². The van der Waals surface area contributed by atoms with Crippen LogP contribution in [0.4, 0.5) is 5.69 Å². The fourth-order valence-electron chi connectivity index (χ4n) is 2.98. The average molecular weight is 302 g/mol. The molecule has 2 heterocycles. The highest BCUT2D eigenvalue weighted by Gasteiger charge is 2.22. The monoisotopic (exact) mass is 302 g/mol. The first-order chi connectivity index (χ1) is 10.2. The van der Waals surface area contributed by atoms with Crippen LogP contribution in [0.25, 0.3) is 10.1 Å². The van der Waals surface area contributed by atoms with E-state index in [0.717, 1.165) is 40.9 Å². The summed E-state index contributed by atoms with van der Waals surface area (Å²) in [7, 11) is 0. The van der Waals surface area contributed by atoms with Crippen LogP contribution >= 0.6 is 11.3 Å². The van der Waals surface area contributed by atoms with Gasteiger partial charge in [0, 0.05) is 23.2 Å². The van der Waals surface area contributed by atoms with Crippen LogP contribution in [0.5, 0.6) is 0 Å². The van der Waals surface area contributed by atoms with Gasteiger partial charge >= 0.3 is 0 Å². The van der Waals surface area contributed by atoms with E-state index in [2.05, 4.69) is 25.1 Å². The number of carbonyl (C=O) groups is 1. The number of rotatable bonds is 1. The number of nitrogens with zero attached hydrogens (tertiary/aromatic N) is 1. The second-order valence-corrected chi connectivity index (χ2v) is 6.96. The summed E-state index contributed by atoms with van der Waals surface area (Å²) < 4.78 is 1.11. The minimum Gasteiger partial charge on any atom is -0.397 e. The zero-order valence-corrected chi connectivity index (χ0v) is 13.3. The van der Waals surface area contributed by atoms with E-state index in [9.17, 15) is 4.79 Å². The lowest BCUT2D eigenvalue weighted by Gasteiger charge is -2.24. The van der Waals surface area contributed by atoms with Crippen molar-refractivity contribution in [3.63, 3.8) is 0 Å². The highest BCUT2D eigenvalue weighted by molar-refractivity contribution is 7.21. The molecule has 1 aromatic heterocycles. The Balaban J connectivity index is 1.91. The van der Waals surface area contributed by atoms with Crippen molar-refractivity contribution in [2.24, 2.45) is 0 Å². The molecule has 1 amide bonds. The maximum Gasteiger partial charge on any atom is 0.266 e. The molecule has 1 aliphatic rings. The standard InChI is InChI=1S/C17H22N2OS/c1-12-7-8-14-13(11-12)15(18)16(21-14)17(20)19-9-5-3-2-4-6-10-19/h7-8,11H,2-6,9-10,18H2,1H3. The summed E-state index contributed by atoms with van der Waals surface area (Å²) in [4.78, 5) is 15.5. The predicted molar refractivity (Wildman–Crippen MR) is 90.0 cm³/mol. The number of nitrogens with two attached hydrogens (primary N) is 1. The zero-order valence-electron chi connectivity index (χ0n) is 12.5. The van der Waals surface area contributed by atoms with Gasteiger partial charge in [0.2, 0.25) is 0 Å². The number of carbonyl (C=O) groups excluding carboxylic acids is 1. The third kappa shape index (κ3) is 2.91. The van der Waals surface area contributed by atoms with Crippen LogP contribution in [-0.4, -0.2) is 23.9 Å². The number of benzene rings is 1. The van der Waals surface area contributed by atoms with Crippen molar-refractivity contribution in [2.75, 3.05) is 18.8 Å². The summed E-state index contributed by atoms with van der Waals surface area (Å²) in [5, 5.41) is 1.02. The summed E-state index contributed by atoms with van der Waals surface area (Å²) >= 11 is 1.53. The molecule has 0 spiro atoms. The van der Waals surface area contributed by atoms with Gasteiger partial charge < -0.3 is 10.6 Å². The Morgan fingerprint density at radius 1 is 1.14 bits per heavy atom. The van der Waals surface area contributed by atoms with Gasteiger partial charge in [0.15, 0.2) is 0 Å². The number of aryl methyl sites for hydroxylation is 1. The van der Waals surface area contributed by atoms with E-state index < -0.39 is 0 Å². The molecule has 1 fully saturated rings. The zero-order chi connectivity index (χ0) is 14.8. The maximum absolute atomic E-state index is 12.8. The predicted octanol–water partition coefficient (Wildman–Crippen LogP) is 4.20. The van der Waals surface area contributed by atoms with E-state index in [1.807, 2.05) is 4.90 Å². The maximum atomic E-state index is 12.8. The number of hydrogen-bond acceptors (Lipinski definition) is 3. The SMILES string of the molecule is Cc1ccc2sc(C(=O)N3CCCCCCC3)c(N)c2c1. The Morgan fingerprint density at radius 2 is 1.81 bits per heavy atom. The summed E-state index contributed by atoms with van der Waals surface area (Å²) in [6, 6.07) is 6.21. The van der Waals surface area contributed by atoms with E-state index in [4.69, 9.17) is 5.73 Å². The largest absolute Gasteiger partial charge is 0.397 e. The van der Waals surface area contributed by atoms with E-state index in [1.54, 1.807) is 0 Å². The van der Waals surface area contributed by atoms with Crippen molar-refractivity contribution in [2.45, 2.75) is 39.0 Å². The van der Waals surface area contributed by atoms with Crippen LogP contribution in [0, 0.1) is 6.92 Å². The van der Waals surface area contributed by atoms with Crippen molar-refractivity contribution in [3.05, 3.63) is 28.6 Å². The number of hydrogen-bond donors (Lipinski definition) is 1. The van der Waals surface area contributed by atoms with Crippen LogP contribution in [0.1, 0.15) is 47.3 Å². The number of amides is 1. The number of nitrogen functional groups attached to an aromatic ring is 1. The third-order valence-electron chi connectivity index (χ3n) is 4.22. The summed E-state index contributed by atoms with van der Waals surface area (Å²) in [6.07, 6.45) is 5.97. The lowest BCUT2D eigenvalue weighted by Crippen LogP contribution is -2.33. The Kier molecular flexibility index (Phi) is 4.15. The first-order valence-electron chi connectivity index (χ1n) is 7.75. The number of fused-ring (bicyclic) bond motifs is 1. The number of likely N-dealkylation sites (tertiary alicyclic amines) is 1. The molecule has 0 atom stereocenters. The first-order valence-corrected chi connectivity index (χ1v) is 8.56. The van der Waals surface area contributed by atoms with Gasteiger partial charge in [0.25, 0.3) is 5.91 Å². The molecular weight excluding hydrogens is 280 g/mol. The van der Waals surface area contributed by atoms with Gasteiger partial charge in [-0.05, 0) is 31.9 Å². The van der Waals surface area contributed by atoms with E-state index >= 15 is 0 Å². The van der Waals surface area contributed by atoms with Gasteiger partial charge in [-0.2, -0.15) is 0 Å². The molecule has 0 bridgehead atoms. The normalized spacial score (nSPS) is 16.7. The van der Waals surface area contributed by atoms with E-state index in [-0.39, 0.29) is 5.91 Å². The molecular formula is C17H22N2OS. The van der Waals surface area contributed by atoms with E-state index in [0.29, 0.717) is 5.69 Å². The van der Waals surface area contributed by atoms with Crippen LogP contribution in [-0.2, 0) is 0 Å². The van der Waals surface area contributed by atoms with Crippen LogP contribution in [0.15, 0.2) is 18.2 Å². The van der Waals surface area contributed by atoms with Gasteiger partial charge in [-0.3, -0.25) is 4.79 Å². The molecule has 2 aromatic rings. The molecule has 0 aliphatic carbocycles. The first kappa shape index (κ1) is 14.4. The second-order valence-electron chi connectivity index (χ2n) is 5.90. The molecule has 2 N–H and O–H groups in total. The Bertz CT molecular complexity index is 654. The lowest BCUT2D eigenvalue weighted by atomic mass is 10.1. The highest BCUT2D eigenvalue weighted by atomic mass is 32.1. The molecule has 1 aliphatic heterocycles. The van der Waals surface area contributed by atoms with Crippen molar-refractivity contribution in [3.8, 4) is 0 Å². The molecule has 1 aromatic carbocycles. The molecule has 0 unspecified atom stereocenters.